The van der Waals surface area contributed by atoms with Crippen LogP contribution in [0.15, 0.2) is 15.7 Å². The van der Waals surface area contributed by atoms with E-state index >= 15 is 0 Å². The zero-order valence-corrected chi connectivity index (χ0v) is 8.75. The number of piperidine rings is 1. The molecule has 5 nitrogen and oxygen atoms in total. The second-order valence-corrected chi connectivity index (χ2v) is 4.01. The first kappa shape index (κ1) is 10.0. The fourth-order valence-corrected chi connectivity index (χ4v) is 2.07. The Morgan fingerprint density at radius 3 is 2.80 bits per heavy atom. The van der Waals surface area contributed by atoms with Gasteiger partial charge in [-0.25, -0.2) is 4.79 Å². The molecule has 0 aromatic carbocycles. The molecule has 0 amide bonds. The van der Waals surface area contributed by atoms with Gasteiger partial charge in [0.2, 0.25) is 0 Å². The van der Waals surface area contributed by atoms with Crippen molar-refractivity contribution in [3.63, 3.8) is 0 Å². The lowest BCUT2D eigenvalue weighted by atomic mass is 10.0. The number of hydrogen-bond donors (Lipinski definition) is 2. The predicted octanol–water partition coefficient (Wildman–Crippen LogP) is 0.442. The topological polar surface area (TPSA) is 69.0 Å². The second-order valence-electron chi connectivity index (χ2n) is 4.01. The molecule has 2 N–H and O–H groups in total. The number of nitrogens with zero attached hydrogens (tertiary/aromatic N) is 1. The van der Waals surface area contributed by atoms with Gasteiger partial charge in [-0.1, -0.05) is 0 Å². The summed E-state index contributed by atoms with van der Waals surface area (Å²) in [5.74, 6) is 0.635. The van der Waals surface area contributed by atoms with Crippen LogP contribution in [-0.2, 0) is 0 Å². The first-order valence-electron chi connectivity index (χ1n) is 5.27. The number of H-pyrrole nitrogens is 2. The van der Waals surface area contributed by atoms with Crippen LogP contribution in [0.2, 0.25) is 0 Å². The third-order valence-electron chi connectivity index (χ3n) is 2.86. The molecule has 0 radical (unpaired) electrons. The molecule has 2 heterocycles. The summed E-state index contributed by atoms with van der Waals surface area (Å²) in [5, 5.41) is 0. The van der Waals surface area contributed by atoms with Gasteiger partial charge >= 0.3 is 5.69 Å². The summed E-state index contributed by atoms with van der Waals surface area (Å²) in [6, 6.07) is 1.83. The van der Waals surface area contributed by atoms with Crippen molar-refractivity contribution in [3.05, 3.63) is 26.9 Å². The van der Waals surface area contributed by atoms with Gasteiger partial charge in [0, 0.05) is 18.7 Å². The molecule has 15 heavy (non-hydrogen) atoms. The quantitative estimate of drug-likeness (QED) is 0.705. The molecule has 1 aliphatic rings. The maximum absolute atomic E-state index is 11.2. The zero-order valence-electron chi connectivity index (χ0n) is 8.75. The molecule has 0 bridgehead atoms. The van der Waals surface area contributed by atoms with E-state index in [1.54, 1.807) is 0 Å². The smallest absolute Gasteiger partial charge is 0.327 e. The molecule has 1 aromatic rings. The summed E-state index contributed by atoms with van der Waals surface area (Å²) in [7, 11) is 0. The zero-order chi connectivity index (χ0) is 10.8. The molecule has 0 unspecified atom stereocenters. The van der Waals surface area contributed by atoms with Gasteiger partial charge < -0.3 is 4.90 Å². The van der Waals surface area contributed by atoms with E-state index in [-0.39, 0.29) is 5.56 Å². The fraction of sp³-hybridized carbons (Fsp3) is 0.600. The maximum Gasteiger partial charge on any atom is 0.327 e. The minimum absolute atomic E-state index is 0.341. The standard InChI is InChI=1S/C10H15N3O2/c1-7-4-2-3-5-13(7)8-6-9(14)12-10(15)11-8/h6-7H,2-5H2,1H3,(H2,11,12,14,15)/t7-/m0/s1. The van der Waals surface area contributed by atoms with Gasteiger partial charge in [0.1, 0.15) is 5.82 Å². The molecule has 1 aromatic heterocycles. The van der Waals surface area contributed by atoms with Gasteiger partial charge in [-0.2, -0.15) is 0 Å². The normalized spacial score (nSPS) is 21.7. The Morgan fingerprint density at radius 2 is 2.13 bits per heavy atom. The van der Waals surface area contributed by atoms with Gasteiger partial charge in [0.05, 0.1) is 0 Å². The molecular weight excluding hydrogens is 194 g/mol. The van der Waals surface area contributed by atoms with E-state index < -0.39 is 5.69 Å². The lowest BCUT2D eigenvalue weighted by Crippen LogP contribution is -2.40. The van der Waals surface area contributed by atoms with E-state index in [9.17, 15) is 9.59 Å². The minimum Gasteiger partial charge on any atom is -0.355 e. The molecule has 1 aliphatic heterocycles. The SMILES string of the molecule is C[C@H]1CCCCN1c1cc(=O)[nH]c(=O)[nH]1. The Balaban J connectivity index is 2.35. The number of nitrogens with one attached hydrogen (secondary N) is 2. The fourth-order valence-electron chi connectivity index (χ4n) is 2.07. The predicted molar refractivity (Wildman–Crippen MR) is 58.3 cm³/mol. The van der Waals surface area contributed by atoms with Crippen LogP contribution >= 0.6 is 0 Å². The van der Waals surface area contributed by atoms with Crippen molar-refractivity contribution in [1.82, 2.24) is 9.97 Å². The Morgan fingerprint density at radius 1 is 1.33 bits per heavy atom. The van der Waals surface area contributed by atoms with Crippen molar-refractivity contribution in [2.45, 2.75) is 32.2 Å². The molecule has 5 heteroatoms. The summed E-state index contributed by atoms with van der Waals surface area (Å²) in [5.41, 5.74) is -0.776. The monoisotopic (exact) mass is 209 g/mol. The first-order chi connectivity index (χ1) is 7.16. The lowest BCUT2D eigenvalue weighted by molar-refractivity contribution is 0.480. The number of hydrogen-bond acceptors (Lipinski definition) is 3. The number of rotatable bonds is 1. The Labute approximate surface area is 87.1 Å². The van der Waals surface area contributed by atoms with Crippen LogP contribution in [0.5, 0.6) is 0 Å². The first-order valence-corrected chi connectivity index (χ1v) is 5.27. The summed E-state index contributed by atoms with van der Waals surface area (Å²) in [6.07, 6.45) is 3.43. The lowest BCUT2D eigenvalue weighted by Gasteiger charge is -2.34. The number of aromatic amines is 2. The highest BCUT2D eigenvalue weighted by Crippen LogP contribution is 2.20. The highest BCUT2D eigenvalue weighted by atomic mass is 16.2. The average Bonchev–Trinajstić information content (AvgIpc) is 2.16. The van der Waals surface area contributed by atoms with Crippen molar-refractivity contribution in [1.29, 1.82) is 0 Å². The van der Waals surface area contributed by atoms with Gasteiger partial charge in [-0.3, -0.25) is 14.8 Å². The molecule has 0 aliphatic carbocycles. The third-order valence-corrected chi connectivity index (χ3v) is 2.86. The van der Waals surface area contributed by atoms with Crippen LogP contribution in [0.4, 0.5) is 5.82 Å². The van der Waals surface area contributed by atoms with Gasteiger partial charge in [0.15, 0.2) is 0 Å². The van der Waals surface area contributed by atoms with Crippen LogP contribution < -0.4 is 16.1 Å². The van der Waals surface area contributed by atoms with E-state index in [1.165, 1.54) is 12.5 Å². The summed E-state index contributed by atoms with van der Waals surface area (Å²) in [6.45, 7) is 3.01. The van der Waals surface area contributed by atoms with E-state index in [4.69, 9.17) is 0 Å². The third kappa shape index (κ3) is 2.11. The Kier molecular flexibility index (Phi) is 2.62. The van der Waals surface area contributed by atoms with Gasteiger partial charge in [-0.15, -0.1) is 0 Å². The molecule has 82 valence electrons. The van der Waals surface area contributed by atoms with Crippen LogP contribution in [0, 0.1) is 0 Å². The van der Waals surface area contributed by atoms with Crippen molar-refractivity contribution in [2.24, 2.45) is 0 Å². The van der Waals surface area contributed by atoms with Crippen molar-refractivity contribution >= 4 is 5.82 Å². The second kappa shape index (κ2) is 3.92. The van der Waals surface area contributed by atoms with E-state index in [0.717, 1.165) is 19.4 Å². The van der Waals surface area contributed by atoms with Crippen LogP contribution in [0.3, 0.4) is 0 Å². The minimum atomic E-state index is -0.435. The number of anilines is 1. The molecule has 0 saturated carbocycles. The van der Waals surface area contributed by atoms with Crippen molar-refractivity contribution < 1.29 is 0 Å². The molecule has 2 rings (SSSR count). The van der Waals surface area contributed by atoms with Crippen molar-refractivity contribution in [2.75, 3.05) is 11.4 Å². The van der Waals surface area contributed by atoms with Gasteiger partial charge in [-0.05, 0) is 26.2 Å². The highest BCUT2D eigenvalue weighted by molar-refractivity contribution is 5.38. The summed E-state index contributed by atoms with van der Waals surface area (Å²) >= 11 is 0. The molecule has 1 atom stereocenters. The summed E-state index contributed by atoms with van der Waals surface area (Å²) < 4.78 is 0. The van der Waals surface area contributed by atoms with Gasteiger partial charge in [0.25, 0.3) is 5.56 Å². The summed E-state index contributed by atoms with van der Waals surface area (Å²) in [4.78, 5) is 29.2. The van der Waals surface area contributed by atoms with Crippen LogP contribution in [0.25, 0.3) is 0 Å². The largest absolute Gasteiger partial charge is 0.355 e. The maximum atomic E-state index is 11.2. The molecular formula is C10H15N3O2. The van der Waals surface area contributed by atoms with Crippen LogP contribution in [-0.4, -0.2) is 22.6 Å². The molecule has 1 fully saturated rings. The average molecular weight is 209 g/mol. The highest BCUT2D eigenvalue weighted by Gasteiger charge is 2.19. The van der Waals surface area contributed by atoms with Crippen molar-refractivity contribution in [3.8, 4) is 0 Å². The van der Waals surface area contributed by atoms with E-state index in [2.05, 4.69) is 21.8 Å². The molecule has 0 spiro atoms. The Bertz CT molecular complexity index is 420. The van der Waals surface area contributed by atoms with Crippen LogP contribution in [0.1, 0.15) is 26.2 Å². The number of aromatic nitrogens is 2. The molecule has 1 saturated heterocycles. The Hall–Kier alpha value is -1.52. The van der Waals surface area contributed by atoms with E-state index in [1.807, 2.05) is 0 Å². The van der Waals surface area contributed by atoms with E-state index in [0.29, 0.717) is 11.9 Å².